The molecule has 1 aliphatic heterocycles. The third kappa shape index (κ3) is 3.95. The van der Waals surface area contributed by atoms with Crippen LogP contribution in [0.2, 0.25) is 5.02 Å². The number of amides is 1. The second kappa shape index (κ2) is 6.72. The highest BCUT2D eigenvalue weighted by Crippen LogP contribution is 2.24. The molecule has 2 N–H and O–H groups in total. The van der Waals surface area contributed by atoms with E-state index >= 15 is 0 Å². The zero-order valence-corrected chi connectivity index (χ0v) is 11.6. The van der Waals surface area contributed by atoms with E-state index in [9.17, 15) is 14.7 Å². The Hall–Kier alpha value is -1.59. The smallest absolute Gasteiger partial charge is 0.309 e. The molecule has 0 radical (unpaired) electrons. The number of aliphatic carboxylic acids is 1. The molecule has 0 spiro atoms. The number of hydrogen-bond acceptors (Lipinski definition) is 3. The predicted octanol–water partition coefficient (Wildman–Crippen LogP) is 2.55. The average molecular weight is 298 g/mol. The van der Waals surface area contributed by atoms with Crippen LogP contribution in [0.15, 0.2) is 24.3 Å². The Labute approximate surface area is 121 Å². The summed E-state index contributed by atoms with van der Waals surface area (Å²) in [5.74, 6) is -2.14. The molecule has 1 aromatic carbocycles. The molecule has 0 aromatic heterocycles. The molecule has 20 heavy (non-hydrogen) atoms. The third-order valence-corrected chi connectivity index (χ3v) is 3.52. The molecule has 1 amide bonds. The quantitative estimate of drug-likeness (QED) is 0.876. The van der Waals surface area contributed by atoms with Crippen molar-refractivity contribution in [1.29, 1.82) is 0 Å². The lowest BCUT2D eigenvalue weighted by Gasteiger charge is -2.18. The second-order valence-electron chi connectivity index (χ2n) is 4.76. The van der Waals surface area contributed by atoms with Gasteiger partial charge in [-0.25, -0.2) is 0 Å². The standard InChI is InChI=1S/C14H16ClNO4/c15-9-3-5-10(6-4-9)16-13(17)8-11(14(18)19)12-2-1-7-20-12/h3-6,11-12H,1-2,7-8H2,(H,16,17)(H,18,19). The van der Waals surface area contributed by atoms with Crippen molar-refractivity contribution >= 4 is 29.2 Å². The van der Waals surface area contributed by atoms with Crippen molar-refractivity contribution in [3.63, 3.8) is 0 Å². The van der Waals surface area contributed by atoms with Gasteiger partial charge in [-0.3, -0.25) is 9.59 Å². The van der Waals surface area contributed by atoms with Crippen molar-refractivity contribution < 1.29 is 19.4 Å². The fraction of sp³-hybridized carbons (Fsp3) is 0.429. The minimum absolute atomic E-state index is 0.0946. The average Bonchev–Trinajstić information content (AvgIpc) is 2.92. The van der Waals surface area contributed by atoms with Gasteiger partial charge in [-0.15, -0.1) is 0 Å². The molecule has 6 heteroatoms. The van der Waals surface area contributed by atoms with E-state index in [0.29, 0.717) is 23.7 Å². The van der Waals surface area contributed by atoms with Gasteiger partial charge in [0, 0.05) is 23.7 Å². The Morgan fingerprint density at radius 1 is 1.40 bits per heavy atom. The summed E-state index contributed by atoms with van der Waals surface area (Å²) in [6.45, 7) is 0.563. The van der Waals surface area contributed by atoms with Gasteiger partial charge < -0.3 is 15.2 Å². The zero-order chi connectivity index (χ0) is 14.5. The van der Waals surface area contributed by atoms with Gasteiger partial charge in [-0.2, -0.15) is 0 Å². The number of ether oxygens (including phenoxy) is 1. The summed E-state index contributed by atoms with van der Waals surface area (Å²) in [7, 11) is 0. The van der Waals surface area contributed by atoms with E-state index in [0.717, 1.165) is 6.42 Å². The number of carbonyl (C=O) groups excluding carboxylic acids is 1. The van der Waals surface area contributed by atoms with Gasteiger partial charge in [0.05, 0.1) is 12.0 Å². The minimum Gasteiger partial charge on any atom is -0.481 e. The van der Waals surface area contributed by atoms with E-state index in [1.807, 2.05) is 0 Å². The van der Waals surface area contributed by atoms with Crippen molar-refractivity contribution in [2.45, 2.75) is 25.4 Å². The van der Waals surface area contributed by atoms with Crippen LogP contribution in [0.4, 0.5) is 5.69 Å². The Kier molecular flexibility index (Phi) is 4.98. The summed E-state index contributed by atoms with van der Waals surface area (Å²) in [6, 6.07) is 6.65. The van der Waals surface area contributed by atoms with Crippen LogP contribution in [0.3, 0.4) is 0 Å². The largest absolute Gasteiger partial charge is 0.481 e. The molecule has 1 saturated heterocycles. The fourth-order valence-corrected chi connectivity index (χ4v) is 2.37. The molecular weight excluding hydrogens is 282 g/mol. The number of benzene rings is 1. The summed E-state index contributed by atoms with van der Waals surface area (Å²) in [5.41, 5.74) is 0.593. The lowest BCUT2D eigenvalue weighted by atomic mass is 9.96. The molecule has 2 atom stereocenters. The first-order chi connectivity index (χ1) is 9.56. The Morgan fingerprint density at radius 2 is 2.10 bits per heavy atom. The fourth-order valence-electron chi connectivity index (χ4n) is 2.24. The predicted molar refractivity (Wildman–Crippen MR) is 74.8 cm³/mol. The first-order valence-electron chi connectivity index (χ1n) is 6.46. The highest BCUT2D eigenvalue weighted by Gasteiger charge is 2.33. The number of carboxylic acid groups (broad SMARTS) is 1. The molecule has 1 heterocycles. The first kappa shape index (κ1) is 14.8. The van der Waals surface area contributed by atoms with E-state index in [1.54, 1.807) is 24.3 Å². The molecule has 1 fully saturated rings. The number of carboxylic acids is 1. The van der Waals surface area contributed by atoms with Crippen LogP contribution in [0.1, 0.15) is 19.3 Å². The zero-order valence-electron chi connectivity index (χ0n) is 10.8. The summed E-state index contributed by atoms with van der Waals surface area (Å²) in [6.07, 6.45) is 1.06. The summed E-state index contributed by atoms with van der Waals surface area (Å²) >= 11 is 5.75. The van der Waals surface area contributed by atoms with E-state index in [-0.39, 0.29) is 18.4 Å². The van der Waals surface area contributed by atoms with E-state index in [4.69, 9.17) is 16.3 Å². The lowest BCUT2D eigenvalue weighted by Crippen LogP contribution is -2.31. The van der Waals surface area contributed by atoms with Gasteiger partial charge in [-0.1, -0.05) is 11.6 Å². The van der Waals surface area contributed by atoms with Gasteiger partial charge in [0.2, 0.25) is 5.91 Å². The molecule has 1 aliphatic rings. The monoisotopic (exact) mass is 297 g/mol. The lowest BCUT2D eigenvalue weighted by molar-refractivity contribution is -0.148. The van der Waals surface area contributed by atoms with Gasteiger partial charge in [-0.05, 0) is 37.1 Å². The number of anilines is 1. The van der Waals surface area contributed by atoms with Gasteiger partial charge >= 0.3 is 5.97 Å². The molecule has 0 bridgehead atoms. The summed E-state index contributed by atoms with van der Waals surface area (Å²) < 4.78 is 5.36. The van der Waals surface area contributed by atoms with Crippen LogP contribution in [-0.4, -0.2) is 29.7 Å². The molecule has 108 valence electrons. The van der Waals surface area contributed by atoms with Crippen LogP contribution in [0.25, 0.3) is 0 Å². The highest BCUT2D eigenvalue weighted by atomic mass is 35.5. The van der Waals surface area contributed by atoms with E-state index in [1.165, 1.54) is 0 Å². The van der Waals surface area contributed by atoms with Gasteiger partial charge in [0.25, 0.3) is 0 Å². The molecule has 1 aromatic rings. The SMILES string of the molecule is O=C(CC(C(=O)O)C1CCCO1)Nc1ccc(Cl)cc1. The maximum atomic E-state index is 11.9. The number of carbonyl (C=O) groups is 2. The normalized spacial score (nSPS) is 19.6. The second-order valence-corrected chi connectivity index (χ2v) is 5.19. The Morgan fingerprint density at radius 3 is 2.65 bits per heavy atom. The molecular formula is C14H16ClNO4. The van der Waals surface area contributed by atoms with Crippen LogP contribution in [0, 0.1) is 5.92 Å². The van der Waals surface area contributed by atoms with E-state index < -0.39 is 11.9 Å². The highest BCUT2D eigenvalue weighted by molar-refractivity contribution is 6.30. The number of halogens is 1. The molecule has 5 nitrogen and oxygen atoms in total. The minimum atomic E-state index is -0.997. The molecule has 0 saturated carbocycles. The molecule has 2 rings (SSSR count). The summed E-state index contributed by atoms with van der Waals surface area (Å²) in [4.78, 5) is 23.1. The number of hydrogen-bond donors (Lipinski definition) is 2. The number of nitrogens with one attached hydrogen (secondary N) is 1. The first-order valence-corrected chi connectivity index (χ1v) is 6.84. The van der Waals surface area contributed by atoms with Crippen molar-refractivity contribution in [1.82, 2.24) is 0 Å². The van der Waals surface area contributed by atoms with Crippen molar-refractivity contribution in [2.75, 3.05) is 11.9 Å². The van der Waals surface area contributed by atoms with Gasteiger partial charge in [0.15, 0.2) is 0 Å². The third-order valence-electron chi connectivity index (χ3n) is 3.26. The maximum absolute atomic E-state index is 11.9. The van der Waals surface area contributed by atoms with Crippen LogP contribution in [0.5, 0.6) is 0 Å². The van der Waals surface area contributed by atoms with Crippen LogP contribution >= 0.6 is 11.6 Å². The van der Waals surface area contributed by atoms with Crippen molar-refractivity contribution in [3.8, 4) is 0 Å². The maximum Gasteiger partial charge on any atom is 0.309 e. The Bertz CT molecular complexity index is 482. The van der Waals surface area contributed by atoms with Gasteiger partial charge in [0.1, 0.15) is 0 Å². The van der Waals surface area contributed by atoms with Crippen LogP contribution < -0.4 is 5.32 Å². The topological polar surface area (TPSA) is 75.6 Å². The molecule has 0 aliphatic carbocycles. The van der Waals surface area contributed by atoms with Crippen molar-refractivity contribution in [3.05, 3.63) is 29.3 Å². The van der Waals surface area contributed by atoms with Crippen molar-refractivity contribution in [2.24, 2.45) is 5.92 Å². The summed E-state index contributed by atoms with van der Waals surface area (Å²) in [5, 5.41) is 12.4. The van der Waals surface area contributed by atoms with E-state index in [2.05, 4.69) is 5.32 Å². The number of rotatable bonds is 5. The van der Waals surface area contributed by atoms with Crippen LogP contribution in [-0.2, 0) is 14.3 Å². The Balaban J connectivity index is 1.94. The molecule has 2 unspecified atom stereocenters.